The summed E-state index contributed by atoms with van der Waals surface area (Å²) in [4.78, 5) is 11.9. The van der Waals surface area contributed by atoms with Crippen molar-refractivity contribution in [2.45, 2.75) is 44.6 Å². The van der Waals surface area contributed by atoms with Gasteiger partial charge >= 0.3 is 5.97 Å². The Morgan fingerprint density at radius 3 is 2.39 bits per heavy atom. The second-order valence-corrected chi connectivity index (χ2v) is 10.4. The van der Waals surface area contributed by atoms with E-state index in [2.05, 4.69) is 5.16 Å². The third kappa shape index (κ3) is 4.61. The lowest BCUT2D eigenvalue weighted by molar-refractivity contribution is -0.142. The van der Waals surface area contributed by atoms with Crippen LogP contribution in [0.2, 0.25) is 10.0 Å². The number of carboxylic acid groups (broad SMARTS) is 1. The van der Waals surface area contributed by atoms with Crippen molar-refractivity contribution in [3.05, 3.63) is 93.7 Å². The standard InChI is InChI=1S/C29H25Cl2NO4/c1-29(2,28(33)34)19-13-14-20(17-7-4-3-5-8-17)24(15-19)35-16-21-26(32-36-27(21)18-11-12-18)25-22(30)9-6-10-23(25)31/h3-10,13-15,18H,11-12,16H2,1-2H3,(H,33,34). The van der Waals surface area contributed by atoms with E-state index in [1.807, 2.05) is 48.5 Å². The summed E-state index contributed by atoms with van der Waals surface area (Å²) in [5.74, 6) is 0.736. The van der Waals surface area contributed by atoms with E-state index in [4.69, 9.17) is 32.5 Å². The van der Waals surface area contributed by atoms with E-state index in [0.717, 1.165) is 35.3 Å². The average Bonchev–Trinajstić information content (AvgIpc) is 3.63. The van der Waals surface area contributed by atoms with Crippen molar-refractivity contribution in [2.24, 2.45) is 0 Å². The number of rotatable bonds is 8. The maximum Gasteiger partial charge on any atom is 0.313 e. The summed E-state index contributed by atoms with van der Waals surface area (Å²) >= 11 is 13.0. The number of hydrogen-bond acceptors (Lipinski definition) is 4. The van der Waals surface area contributed by atoms with Crippen molar-refractivity contribution in [1.29, 1.82) is 0 Å². The number of ether oxygens (including phenoxy) is 1. The molecule has 1 N–H and O–H groups in total. The van der Waals surface area contributed by atoms with E-state index in [-0.39, 0.29) is 12.5 Å². The minimum absolute atomic E-state index is 0.170. The molecule has 5 rings (SSSR count). The van der Waals surface area contributed by atoms with Crippen molar-refractivity contribution >= 4 is 29.2 Å². The van der Waals surface area contributed by atoms with Gasteiger partial charge in [-0.15, -0.1) is 0 Å². The zero-order chi connectivity index (χ0) is 25.4. The van der Waals surface area contributed by atoms with Gasteiger partial charge in [0.1, 0.15) is 23.8 Å². The van der Waals surface area contributed by atoms with Crippen LogP contribution in [0.5, 0.6) is 5.75 Å². The first-order chi connectivity index (χ1) is 17.3. The minimum atomic E-state index is -1.08. The average molecular weight is 522 g/mol. The Hall–Kier alpha value is -3.28. The van der Waals surface area contributed by atoms with Gasteiger partial charge < -0.3 is 14.4 Å². The van der Waals surface area contributed by atoms with E-state index in [1.54, 1.807) is 32.0 Å². The maximum atomic E-state index is 11.9. The van der Waals surface area contributed by atoms with E-state index in [9.17, 15) is 9.90 Å². The van der Waals surface area contributed by atoms with Crippen LogP contribution in [-0.2, 0) is 16.8 Å². The fourth-order valence-electron chi connectivity index (χ4n) is 4.21. The Morgan fingerprint density at radius 1 is 1.06 bits per heavy atom. The first-order valence-electron chi connectivity index (χ1n) is 11.8. The molecule has 0 radical (unpaired) electrons. The highest BCUT2D eigenvalue weighted by Crippen LogP contribution is 2.46. The Kier molecular flexibility index (Phi) is 6.54. The second-order valence-electron chi connectivity index (χ2n) is 9.54. The third-order valence-electron chi connectivity index (χ3n) is 6.66. The zero-order valence-corrected chi connectivity index (χ0v) is 21.4. The molecule has 1 heterocycles. The van der Waals surface area contributed by atoms with Gasteiger partial charge in [-0.25, -0.2) is 0 Å². The molecule has 0 unspecified atom stereocenters. The zero-order valence-electron chi connectivity index (χ0n) is 19.9. The molecule has 0 amide bonds. The smallest absolute Gasteiger partial charge is 0.313 e. The van der Waals surface area contributed by atoms with Crippen molar-refractivity contribution in [2.75, 3.05) is 0 Å². The van der Waals surface area contributed by atoms with Gasteiger partial charge in [0.25, 0.3) is 0 Å². The minimum Gasteiger partial charge on any atom is -0.488 e. The summed E-state index contributed by atoms with van der Waals surface area (Å²) in [5, 5.41) is 15.1. The number of halogens is 2. The molecule has 3 aromatic carbocycles. The summed E-state index contributed by atoms with van der Waals surface area (Å²) in [6, 6.07) is 20.7. The van der Waals surface area contributed by atoms with Crippen LogP contribution in [0.15, 0.2) is 71.3 Å². The van der Waals surface area contributed by atoms with Crippen molar-refractivity contribution in [3.63, 3.8) is 0 Å². The van der Waals surface area contributed by atoms with E-state index >= 15 is 0 Å². The lowest BCUT2D eigenvalue weighted by Gasteiger charge is -2.22. The van der Waals surface area contributed by atoms with Crippen molar-refractivity contribution in [1.82, 2.24) is 5.16 Å². The molecule has 1 aromatic heterocycles. The van der Waals surface area contributed by atoms with Gasteiger partial charge in [-0.1, -0.05) is 76.9 Å². The predicted octanol–water partition coefficient (Wildman–Crippen LogP) is 8.13. The highest BCUT2D eigenvalue weighted by atomic mass is 35.5. The van der Waals surface area contributed by atoms with Gasteiger partial charge in [0, 0.05) is 17.0 Å². The molecule has 1 fully saturated rings. The number of carboxylic acids is 1. The highest BCUT2D eigenvalue weighted by Gasteiger charge is 2.34. The largest absolute Gasteiger partial charge is 0.488 e. The summed E-state index contributed by atoms with van der Waals surface area (Å²) < 4.78 is 12.2. The Morgan fingerprint density at radius 2 is 1.75 bits per heavy atom. The molecule has 1 aliphatic carbocycles. The third-order valence-corrected chi connectivity index (χ3v) is 7.29. The number of carbonyl (C=O) groups is 1. The molecule has 1 aliphatic rings. The summed E-state index contributed by atoms with van der Waals surface area (Å²) in [5.41, 5.74) is 3.37. The van der Waals surface area contributed by atoms with E-state index in [1.165, 1.54) is 0 Å². The van der Waals surface area contributed by atoms with Gasteiger partial charge in [-0.05, 0) is 56.0 Å². The van der Waals surface area contributed by atoms with Crippen LogP contribution in [0.4, 0.5) is 0 Å². The van der Waals surface area contributed by atoms with Crippen LogP contribution >= 0.6 is 23.2 Å². The molecule has 0 spiro atoms. The topological polar surface area (TPSA) is 72.6 Å². The van der Waals surface area contributed by atoms with Gasteiger partial charge in [-0.2, -0.15) is 0 Å². The molecular formula is C29H25Cl2NO4. The van der Waals surface area contributed by atoms with Gasteiger partial charge in [0.15, 0.2) is 0 Å². The maximum absolute atomic E-state index is 11.9. The molecule has 184 valence electrons. The van der Waals surface area contributed by atoms with E-state index in [0.29, 0.717) is 32.6 Å². The normalized spacial score (nSPS) is 13.6. The van der Waals surface area contributed by atoms with Crippen molar-refractivity contribution < 1.29 is 19.2 Å². The quantitative estimate of drug-likeness (QED) is 0.253. The fourth-order valence-corrected chi connectivity index (χ4v) is 4.78. The first-order valence-corrected chi connectivity index (χ1v) is 12.5. The molecular weight excluding hydrogens is 497 g/mol. The number of hydrogen-bond donors (Lipinski definition) is 1. The molecule has 36 heavy (non-hydrogen) atoms. The van der Waals surface area contributed by atoms with Crippen LogP contribution in [0, 0.1) is 0 Å². The van der Waals surface area contributed by atoms with Gasteiger partial charge in [0.2, 0.25) is 0 Å². The SMILES string of the molecule is CC(C)(C(=O)O)c1ccc(-c2ccccc2)c(OCc2c(-c3c(Cl)cccc3Cl)noc2C2CC2)c1. The summed E-state index contributed by atoms with van der Waals surface area (Å²) in [6.07, 6.45) is 2.05. The van der Waals surface area contributed by atoms with Crippen molar-refractivity contribution in [3.8, 4) is 28.1 Å². The van der Waals surface area contributed by atoms with Crippen LogP contribution in [-0.4, -0.2) is 16.2 Å². The number of nitrogens with zero attached hydrogens (tertiary/aromatic N) is 1. The van der Waals surface area contributed by atoms with E-state index < -0.39 is 11.4 Å². The Balaban J connectivity index is 1.58. The van der Waals surface area contributed by atoms with Crippen LogP contribution in [0.3, 0.4) is 0 Å². The molecule has 4 aromatic rings. The van der Waals surface area contributed by atoms with Crippen LogP contribution < -0.4 is 4.74 Å². The Labute approximate surface area is 219 Å². The predicted molar refractivity (Wildman–Crippen MR) is 141 cm³/mol. The number of benzene rings is 3. The molecule has 0 bridgehead atoms. The fraction of sp³-hybridized carbons (Fsp3) is 0.241. The van der Waals surface area contributed by atoms with Crippen LogP contribution in [0.1, 0.15) is 49.5 Å². The van der Waals surface area contributed by atoms with Gasteiger partial charge in [-0.3, -0.25) is 4.79 Å². The lowest BCUT2D eigenvalue weighted by atomic mass is 9.84. The molecule has 0 saturated heterocycles. The Bertz CT molecular complexity index is 1400. The summed E-state index contributed by atoms with van der Waals surface area (Å²) in [6.45, 7) is 3.53. The second kappa shape index (κ2) is 9.64. The first kappa shape index (κ1) is 24.4. The summed E-state index contributed by atoms with van der Waals surface area (Å²) in [7, 11) is 0. The molecule has 0 atom stereocenters. The number of aromatic nitrogens is 1. The monoisotopic (exact) mass is 521 g/mol. The number of aliphatic carboxylic acids is 1. The molecule has 1 saturated carbocycles. The molecule has 0 aliphatic heterocycles. The lowest BCUT2D eigenvalue weighted by Crippen LogP contribution is -2.28. The molecule has 5 nitrogen and oxygen atoms in total. The van der Waals surface area contributed by atoms with Gasteiger partial charge in [0.05, 0.1) is 21.0 Å². The highest BCUT2D eigenvalue weighted by molar-refractivity contribution is 6.39. The van der Waals surface area contributed by atoms with Crippen LogP contribution in [0.25, 0.3) is 22.4 Å². The molecule has 7 heteroatoms.